The Labute approximate surface area is 183 Å². The second-order valence-electron chi connectivity index (χ2n) is 7.32. The predicted molar refractivity (Wildman–Crippen MR) is 116 cm³/mol. The van der Waals surface area contributed by atoms with Crippen LogP contribution >= 0.6 is 23.2 Å². The largest absolute Gasteiger partial charge is 0.381 e. The molecule has 8 heteroatoms. The Morgan fingerprint density at radius 3 is 2.40 bits per heavy atom. The van der Waals surface area contributed by atoms with Gasteiger partial charge in [-0.2, -0.15) is 9.78 Å². The molecule has 1 N–H and O–H groups in total. The normalized spacial score (nSPS) is 15.7. The van der Waals surface area contributed by atoms with Crippen LogP contribution in [0.15, 0.2) is 59.5 Å². The summed E-state index contributed by atoms with van der Waals surface area (Å²) in [6.07, 6.45) is 3.09. The zero-order valence-corrected chi connectivity index (χ0v) is 17.6. The third-order valence-electron chi connectivity index (χ3n) is 5.51. The van der Waals surface area contributed by atoms with E-state index in [2.05, 4.69) is 10.4 Å². The van der Waals surface area contributed by atoms with Crippen LogP contribution in [0.25, 0.3) is 5.69 Å². The van der Waals surface area contributed by atoms with E-state index in [1.807, 2.05) is 0 Å². The molecule has 0 unspecified atom stereocenters. The molecule has 0 spiro atoms. The van der Waals surface area contributed by atoms with Crippen molar-refractivity contribution < 1.29 is 9.13 Å². The van der Waals surface area contributed by atoms with Crippen molar-refractivity contribution in [2.45, 2.75) is 18.3 Å². The van der Waals surface area contributed by atoms with Gasteiger partial charge in [-0.3, -0.25) is 4.79 Å². The highest BCUT2D eigenvalue weighted by Gasteiger charge is 2.34. The van der Waals surface area contributed by atoms with E-state index in [1.165, 1.54) is 23.0 Å². The van der Waals surface area contributed by atoms with E-state index in [4.69, 9.17) is 27.9 Å². The summed E-state index contributed by atoms with van der Waals surface area (Å²) in [5.74, 6) is -0.271. The summed E-state index contributed by atoms with van der Waals surface area (Å²) in [6.45, 7) is 1.75. The maximum Gasteiger partial charge on any atom is 0.292 e. The summed E-state index contributed by atoms with van der Waals surface area (Å²) in [6, 6.07) is 13.3. The lowest BCUT2D eigenvalue weighted by molar-refractivity contribution is 0.0543. The van der Waals surface area contributed by atoms with Crippen LogP contribution in [-0.2, 0) is 10.2 Å². The third-order valence-corrected chi connectivity index (χ3v) is 6.13. The van der Waals surface area contributed by atoms with Gasteiger partial charge in [-0.15, -0.1) is 0 Å². The summed E-state index contributed by atoms with van der Waals surface area (Å²) in [5, 5.41) is 8.16. The van der Waals surface area contributed by atoms with Crippen molar-refractivity contribution in [1.29, 1.82) is 0 Å². The van der Waals surface area contributed by atoms with Crippen molar-refractivity contribution in [1.82, 2.24) is 9.78 Å². The van der Waals surface area contributed by atoms with Crippen LogP contribution in [-0.4, -0.2) is 29.5 Å². The summed E-state index contributed by atoms with van der Waals surface area (Å²) < 4.78 is 20.2. The summed E-state index contributed by atoms with van der Waals surface area (Å²) in [5.41, 5.74) is 1.38. The minimum Gasteiger partial charge on any atom is -0.381 e. The molecule has 30 heavy (non-hydrogen) atoms. The fraction of sp³-hybridized carbons (Fsp3) is 0.273. The predicted octanol–water partition coefficient (Wildman–Crippen LogP) is 4.84. The first-order valence-corrected chi connectivity index (χ1v) is 10.4. The molecule has 1 saturated heterocycles. The van der Waals surface area contributed by atoms with Gasteiger partial charge in [0.15, 0.2) is 0 Å². The Kier molecular flexibility index (Phi) is 6.09. The van der Waals surface area contributed by atoms with Crippen LogP contribution in [0, 0.1) is 5.82 Å². The van der Waals surface area contributed by atoms with Crippen molar-refractivity contribution in [3.05, 3.63) is 86.5 Å². The highest BCUT2D eigenvalue weighted by Crippen LogP contribution is 2.35. The quantitative estimate of drug-likeness (QED) is 0.607. The van der Waals surface area contributed by atoms with E-state index in [9.17, 15) is 9.18 Å². The molecule has 3 aromatic rings. The first-order chi connectivity index (χ1) is 14.5. The van der Waals surface area contributed by atoms with Crippen LogP contribution < -0.4 is 10.9 Å². The fourth-order valence-corrected chi connectivity index (χ4v) is 4.04. The lowest BCUT2D eigenvalue weighted by Crippen LogP contribution is -2.40. The number of ether oxygens (including phenoxy) is 1. The number of halogens is 3. The molecular formula is C22H20Cl2FN3O2. The number of nitrogens with zero attached hydrogens (tertiary/aromatic N) is 2. The molecule has 156 valence electrons. The van der Waals surface area contributed by atoms with Crippen molar-refractivity contribution in [3.8, 4) is 5.69 Å². The van der Waals surface area contributed by atoms with E-state index in [0.29, 0.717) is 36.2 Å². The Hall–Kier alpha value is -2.41. The second-order valence-corrected chi connectivity index (χ2v) is 8.13. The summed E-state index contributed by atoms with van der Waals surface area (Å²) >= 11 is 12.3. The Bertz CT molecular complexity index is 1080. The van der Waals surface area contributed by atoms with Gasteiger partial charge in [-0.05, 0) is 54.8 Å². The van der Waals surface area contributed by atoms with Gasteiger partial charge < -0.3 is 10.1 Å². The molecule has 4 rings (SSSR count). The molecule has 0 atom stereocenters. The van der Waals surface area contributed by atoms with Crippen molar-refractivity contribution in [2.24, 2.45) is 0 Å². The van der Waals surface area contributed by atoms with Crippen molar-refractivity contribution >= 4 is 28.9 Å². The lowest BCUT2D eigenvalue weighted by Gasteiger charge is -2.38. The SMILES string of the molecule is O=c1c(Cl)c(NCC2(c3ccc(F)cc3)CCOCC2)cnn1-c1ccc(Cl)cc1. The first kappa shape index (κ1) is 20.8. The average Bonchev–Trinajstić information content (AvgIpc) is 2.77. The van der Waals surface area contributed by atoms with Crippen LogP contribution in [0.3, 0.4) is 0 Å². The Morgan fingerprint density at radius 2 is 1.73 bits per heavy atom. The topological polar surface area (TPSA) is 56.1 Å². The first-order valence-electron chi connectivity index (χ1n) is 9.60. The number of nitrogens with one attached hydrogen (secondary N) is 1. The molecule has 2 heterocycles. The van der Waals surface area contributed by atoms with E-state index in [0.717, 1.165) is 18.4 Å². The lowest BCUT2D eigenvalue weighted by atomic mass is 9.74. The van der Waals surface area contributed by atoms with Gasteiger partial charge in [0.25, 0.3) is 5.56 Å². The van der Waals surface area contributed by atoms with E-state index in [1.54, 1.807) is 36.4 Å². The number of rotatable bonds is 5. The highest BCUT2D eigenvalue weighted by molar-refractivity contribution is 6.33. The molecule has 0 radical (unpaired) electrons. The zero-order valence-electron chi connectivity index (χ0n) is 16.1. The van der Waals surface area contributed by atoms with Crippen molar-refractivity contribution in [2.75, 3.05) is 25.1 Å². The van der Waals surface area contributed by atoms with Gasteiger partial charge in [0, 0.05) is 30.2 Å². The standard InChI is InChI=1S/C22H20Cl2FN3O2/c23-16-3-7-18(8-4-16)28-21(29)20(24)19(13-27-28)26-14-22(9-11-30-12-10-22)15-1-5-17(25)6-2-15/h1-8,13,26H,9-12,14H2. The molecule has 5 nitrogen and oxygen atoms in total. The van der Waals surface area contributed by atoms with Gasteiger partial charge in [-0.1, -0.05) is 35.3 Å². The van der Waals surface area contributed by atoms with Gasteiger partial charge in [-0.25, -0.2) is 4.39 Å². The fourth-order valence-electron chi connectivity index (χ4n) is 3.72. The minimum atomic E-state index is -0.424. The number of hydrogen-bond acceptors (Lipinski definition) is 4. The molecular weight excluding hydrogens is 428 g/mol. The van der Waals surface area contributed by atoms with Crippen LogP contribution in [0.4, 0.5) is 10.1 Å². The Balaban J connectivity index is 1.60. The number of aromatic nitrogens is 2. The molecule has 1 aliphatic heterocycles. The van der Waals surface area contributed by atoms with Crippen LogP contribution in [0.5, 0.6) is 0 Å². The van der Waals surface area contributed by atoms with Gasteiger partial charge in [0.05, 0.1) is 17.6 Å². The maximum atomic E-state index is 13.4. The minimum absolute atomic E-state index is 0.0567. The third kappa shape index (κ3) is 4.21. The number of hydrogen-bond donors (Lipinski definition) is 1. The Morgan fingerprint density at radius 1 is 1.07 bits per heavy atom. The molecule has 2 aromatic carbocycles. The van der Waals surface area contributed by atoms with Gasteiger partial charge in [0.2, 0.25) is 0 Å². The van der Waals surface area contributed by atoms with Gasteiger partial charge >= 0.3 is 0 Å². The average molecular weight is 448 g/mol. The molecule has 1 aromatic heterocycles. The van der Waals surface area contributed by atoms with Crippen LogP contribution in [0.2, 0.25) is 10.0 Å². The van der Waals surface area contributed by atoms with Crippen LogP contribution in [0.1, 0.15) is 18.4 Å². The number of anilines is 1. The smallest absolute Gasteiger partial charge is 0.292 e. The van der Waals surface area contributed by atoms with Gasteiger partial charge in [0.1, 0.15) is 10.8 Å². The van der Waals surface area contributed by atoms with Crippen molar-refractivity contribution in [3.63, 3.8) is 0 Å². The molecule has 0 amide bonds. The second kappa shape index (κ2) is 8.76. The maximum absolute atomic E-state index is 13.4. The molecule has 1 fully saturated rings. The molecule has 0 saturated carbocycles. The summed E-state index contributed by atoms with van der Waals surface area (Å²) in [7, 11) is 0. The molecule has 0 bridgehead atoms. The zero-order chi connectivity index (χ0) is 21.1. The highest BCUT2D eigenvalue weighted by atomic mass is 35.5. The summed E-state index contributed by atoms with van der Waals surface area (Å²) in [4.78, 5) is 12.7. The van der Waals surface area contributed by atoms with E-state index in [-0.39, 0.29) is 16.3 Å². The molecule has 1 aliphatic rings. The van der Waals surface area contributed by atoms with E-state index >= 15 is 0 Å². The van der Waals surface area contributed by atoms with E-state index < -0.39 is 5.56 Å². The number of benzene rings is 2. The monoisotopic (exact) mass is 447 g/mol. The molecule has 0 aliphatic carbocycles.